The number of halogens is 1. The normalized spacial score (nSPS) is 13.5. The highest BCUT2D eigenvalue weighted by atomic mass is 35.5. The van der Waals surface area contributed by atoms with Gasteiger partial charge in [0.25, 0.3) is 5.91 Å². The van der Waals surface area contributed by atoms with Crippen LogP contribution < -0.4 is 20.3 Å². The Balaban J connectivity index is 1.38. The van der Waals surface area contributed by atoms with Crippen LogP contribution >= 0.6 is 11.6 Å². The first-order chi connectivity index (χ1) is 14.5. The first-order valence-corrected chi connectivity index (χ1v) is 9.85. The van der Waals surface area contributed by atoms with Crippen LogP contribution in [0.2, 0.25) is 5.02 Å². The molecule has 9 heteroatoms. The van der Waals surface area contributed by atoms with E-state index in [-0.39, 0.29) is 12.0 Å². The van der Waals surface area contributed by atoms with Gasteiger partial charge < -0.3 is 20.3 Å². The maximum Gasteiger partial charge on any atom is 0.251 e. The smallest absolute Gasteiger partial charge is 0.251 e. The lowest BCUT2D eigenvalue weighted by atomic mass is 10.1. The number of carbonyl (C=O) groups is 1. The highest BCUT2D eigenvalue weighted by molar-refractivity contribution is 6.32. The van der Waals surface area contributed by atoms with E-state index in [0.29, 0.717) is 47.0 Å². The lowest BCUT2D eigenvalue weighted by Gasteiger charge is -2.39. The Morgan fingerprint density at radius 1 is 1.20 bits per heavy atom. The molecule has 0 bridgehead atoms. The van der Waals surface area contributed by atoms with Crippen LogP contribution in [0.1, 0.15) is 15.9 Å². The van der Waals surface area contributed by atoms with Crippen molar-refractivity contribution >= 4 is 35.1 Å². The number of anilines is 3. The van der Waals surface area contributed by atoms with Crippen LogP contribution in [0.3, 0.4) is 0 Å². The first kappa shape index (κ1) is 19.9. The lowest BCUT2D eigenvalue weighted by molar-refractivity contribution is 0.0963. The summed E-state index contributed by atoms with van der Waals surface area (Å²) < 4.78 is 5.96. The quantitative estimate of drug-likeness (QED) is 0.627. The second-order valence-corrected chi connectivity index (χ2v) is 7.38. The van der Waals surface area contributed by atoms with Crippen molar-refractivity contribution < 1.29 is 9.53 Å². The molecule has 0 radical (unpaired) electrons. The van der Waals surface area contributed by atoms with Crippen LogP contribution in [0, 0.1) is 6.92 Å². The lowest BCUT2D eigenvalue weighted by Crippen LogP contribution is -2.54. The van der Waals surface area contributed by atoms with Crippen LogP contribution in [0.25, 0.3) is 0 Å². The summed E-state index contributed by atoms with van der Waals surface area (Å²) in [6.07, 6.45) is 1.47. The van der Waals surface area contributed by atoms with Crippen LogP contribution in [0.15, 0.2) is 48.8 Å². The average Bonchev–Trinajstić information content (AvgIpc) is 2.71. The summed E-state index contributed by atoms with van der Waals surface area (Å²) in [6.45, 7) is 3.29. The molecule has 1 saturated heterocycles. The molecule has 2 N–H and O–H groups in total. The third-order valence-electron chi connectivity index (χ3n) is 4.68. The number of benzene rings is 2. The molecule has 0 atom stereocenters. The Kier molecular flexibility index (Phi) is 5.67. The van der Waals surface area contributed by atoms with E-state index in [1.807, 2.05) is 36.1 Å². The van der Waals surface area contributed by atoms with Crippen LogP contribution in [0.5, 0.6) is 5.75 Å². The largest absolute Gasteiger partial charge is 0.485 e. The number of aromatic nitrogens is 3. The predicted molar refractivity (Wildman–Crippen MR) is 116 cm³/mol. The fraction of sp³-hybridized carbons (Fsp3) is 0.238. The topological polar surface area (TPSA) is 92.3 Å². The highest BCUT2D eigenvalue weighted by Gasteiger charge is 2.31. The summed E-state index contributed by atoms with van der Waals surface area (Å²) in [5.74, 6) is 1.49. The van der Waals surface area contributed by atoms with Crippen molar-refractivity contribution in [2.75, 3.05) is 30.4 Å². The highest BCUT2D eigenvalue weighted by Crippen LogP contribution is 2.29. The van der Waals surface area contributed by atoms with Gasteiger partial charge in [0.15, 0.2) is 0 Å². The van der Waals surface area contributed by atoms with E-state index in [0.717, 1.165) is 5.56 Å². The van der Waals surface area contributed by atoms with Crippen LogP contribution in [-0.2, 0) is 0 Å². The predicted octanol–water partition coefficient (Wildman–Crippen LogP) is 3.20. The van der Waals surface area contributed by atoms with Crippen molar-refractivity contribution in [1.82, 2.24) is 20.3 Å². The van der Waals surface area contributed by atoms with Crippen molar-refractivity contribution in [2.45, 2.75) is 13.0 Å². The van der Waals surface area contributed by atoms with E-state index >= 15 is 0 Å². The third-order valence-corrected chi connectivity index (χ3v) is 4.97. The minimum absolute atomic E-state index is 0.0163. The summed E-state index contributed by atoms with van der Waals surface area (Å²) >= 11 is 6.24. The zero-order valence-corrected chi connectivity index (χ0v) is 17.3. The van der Waals surface area contributed by atoms with Gasteiger partial charge in [-0.25, -0.2) is 9.97 Å². The van der Waals surface area contributed by atoms with E-state index in [9.17, 15) is 4.79 Å². The summed E-state index contributed by atoms with van der Waals surface area (Å²) in [7, 11) is 1.59. The van der Waals surface area contributed by atoms with E-state index in [4.69, 9.17) is 16.3 Å². The molecule has 1 aromatic heterocycles. The van der Waals surface area contributed by atoms with E-state index in [1.54, 1.807) is 25.2 Å². The summed E-state index contributed by atoms with van der Waals surface area (Å²) in [5.41, 5.74) is 2.36. The second kappa shape index (κ2) is 8.54. The van der Waals surface area contributed by atoms with Crippen LogP contribution in [-0.4, -0.2) is 47.1 Å². The molecule has 1 aliphatic heterocycles. The Labute approximate surface area is 179 Å². The monoisotopic (exact) mass is 424 g/mol. The van der Waals surface area contributed by atoms with Gasteiger partial charge in [0, 0.05) is 18.3 Å². The van der Waals surface area contributed by atoms with E-state index < -0.39 is 0 Å². The summed E-state index contributed by atoms with van der Waals surface area (Å²) in [6, 6.07) is 12.9. The molecule has 0 spiro atoms. The zero-order chi connectivity index (χ0) is 21.1. The molecular formula is C21H21ClN6O2. The molecule has 2 aromatic carbocycles. The van der Waals surface area contributed by atoms with Gasteiger partial charge in [-0.2, -0.15) is 4.98 Å². The summed E-state index contributed by atoms with van der Waals surface area (Å²) in [4.78, 5) is 26.7. The minimum Gasteiger partial charge on any atom is -0.485 e. The SMILES string of the molecule is CNC(=O)c1cccc(Nc2ncnc(N3CC(Oc4ccc(C)cc4Cl)C3)n2)c1. The third kappa shape index (κ3) is 4.44. The number of hydrogen-bond donors (Lipinski definition) is 2. The molecule has 8 nitrogen and oxygen atoms in total. The Morgan fingerprint density at radius 2 is 2.03 bits per heavy atom. The van der Waals surface area contributed by atoms with Gasteiger partial charge in [0.2, 0.25) is 11.9 Å². The van der Waals surface area contributed by atoms with Gasteiger partial charge in [-0.1, -0.05) is 23.7 Å². The van der Waals surface area contributed by atoms with Gasteiger partial charge in [-0.3, -0.25) is 4.79 Å². The number of nitrogens with one attached hydrogen (secondary N) is 2. The Hall–Kier alpha value is -3.39. The van der Waals surface area contributed by atoms with Gasteiger partial charge in [0.1, 0.15) is 18.2 Å². The number of aryl methyl sites for hydroxylation is 1. The molecule has 0 aliphatic carbocycles. The van der Waals surface area contributed by atoms with Crippen molar-refractivity contribution in [1.29, 1.82) is 0 Å². The molecule has 4 rings (SSSR count). The molecule has 0 unspecified atom stereocenters. The maximum absolute atomic E-state index is 11.8. The fourth-order valence-electron chi connectivity index (χ4n) is 3.07. The summed E-state index contributed by atoms with van der Waals surface area (Å²) in [5, 5.41) is 6.33. The van der Waals surface area contributed by atoms with Gasteiger partial charge in [0.05, 0.1) is 18.1 Å². The second-order valence-electron chi connectivity index (χ2n) is 6.97. The molecule has 1 amide bonds. The molecule has 2 heterocycles. The van der Waals surface area contributed by atoms with E-state index in [1.165, 1.54) is 6.33 Å². The van der Waals surface area contributed by atoms with Crippen LogP contribution in [0.4, 0.5) is 17.6 Å². The Morgan fingerprint density at radius 3 is 2.80 bits per heavy atom. The molecule has 1 aliphatic rings. The van der Waals surface area contributed by atoms with Crippen molar-refractivity contribution in [3.05, 3.63) is 64.9 Å². The average molecular weight is 425 g/mol. The fourth-order valence-corrected chi connectivity index (χ4v) is 3.35. The molecule has 154 valence electrons. The first-order valence-electron chi connectivity index (χ1n) is 9.48. The number of hydrogen-bond acceptors (Lipinski definition) is 7. The molecule has 0 saturated carbocycles. The standard InChI is InChI=1S/C21H21ClN6O2/c1-13-6-7-18(17(22)8-13)30-16-10-28(11-16)21-25-12-24-20(27-21)26-15-5-3-4-14(9-15)19(29)23-2/h3-9,12,16H,10-11H2,1-2H3,(H,23,29)(H,24,25,26,27). The number of carbonyl (C=O) groups excluding carboxylic acids is 1. The number of rotatable bonds is 6. The van der Waals surface area contributed by atoms with E-state index in [2.05, 4.69) is 25.6 Å². The van der Waals surface area contributed by atoms with Crippen molar-refractivity contribution in [3.63, 3.8) is 0 Å². The number of nitrogens with zero attached hydrogens (tertiary/aromatic N) is 4. The molecular weight excluding hydrogens is 404 g/mol. The zero-order valence-electron chi connectivity index (χ0n) is 16.6. The van der Waals surface area contributed by atoms with Gasteiger partial charge in [-0.15, -0.1) is 0 Å². The molecule has 3 aromatic rings. The number of ether oxygens (including phenoxy) is 1. The maximum atomic E-state index is 11.8. The number of amides is 1. The Bertz CT molecular complexity index is 1070. The van der Waals surface area contributed by atoms with Gasteiger partial charge in [-0.05, 0) is 42.8 Å². The minimum atomic E-state index is -0.157. The van der Waals surface area contributed by atoms with Crippen molar-refractivity contribution in [3.8, 4) is 5.75 Å². The molecule has 1 fully saturated rings. The molecule has 30 heavy (non-hydrogen) atoms. The van der Waals surface area contributed by atoms with Gasteiger partial charge >= 0.3 is 0 Å². The van der Waals surface area contributed by atoms with Crippen molar-refractivity contribution in [2.24, 2.45) is 0 Å².